The maximum absolute atomic E-state index is 12.9. The standard InChI is InChI=1S/C26H24O6/c1-16-5-7-17(8-6-16)15-31-19-9-10-20-22(13-19)32-25(26(20)27)12-18-11-23(29-3)24(30-4)14-21(18)28-2/h5-14H,15H2,1-4H3. The van der Waals surface area contributed by atoms with Crippen molar-refractivity contribution < 1.29 is 28.5 Å². The first-order valence-corrected chi connectivity index (χ1v) is 10.1. The molecule has 0 aromatic heterocycles. The van der Waals surface area contributed by atoms with Gasteiger partial charge in [0.15, 0.2) is 17.3 Å². The zero-order valence-electron chi connectivity index (χ0n) is 18.4. The van der Waals surface area contributed by atoms with E-state index >= 15 is 0 Å². The molecule has 0 fully saturated rings. The fourth-order valence-corrected chi connectivity index (χ4v) is 3.41. The second-order valence-corrected chi connectivity index (χ2v) is 7.32. The van der Waals surface area contributed by atoms with Gasteiger partial charge in [-0.05, 0) is 36.8 Å². The lowest BCUT2D eigenvalue weighted by Gasteiger charge is -2.12. The summed E-state index contributed by atoms with van der Waals surface area (Å²) < 4.78 is 27.9. The summed E-state index contributed by atoms with van der Waals surface area (Å²) in [6.07, 6.45) is 1.63. The molecule has 0 radical (unpaired) electrons. The molecule has 0 aliphatic carbocycles. The molecule has 0 unspecified atom stereocenters. The fourth-order valence-electron chi connectivity index (χ4n) is 3.41. The summed E-state index contributed by atoms with van der Waals surface area (Å²) in [5.74, 6) is 2.66. The third kappa shape index (κ3) is 4.25. The summed E-state index contributed by atoms with van der Waals surface area (Å²) in [4.78, 5) is 12.9. The van der Waals surface area contributed by atoms with Crippen LogP contribution in [0.3, 0.4) is 0 Å². The van der Waals surface area contributed by atoms with Crippen LogP contribution < -0.4 is 23.7 Å². The molecular formula is C26H24O6. The number of Topliss-reactive ketones (excluding diaryl/α,β-unsaturated/α-hetero) is 1. The molecule has 0 spiro atoms. The highest BCUT2D eigenvalue weighted by atomic mass is 16.5. The molecule has 0 atom stereocenters. The van der Waals surface area contributed by atoms with Gasteiger partial charge in [0.2, 0.25) is 5.78 Å². The minimum absolute atomic E-state index is 0.196. The molecule has 164 valence electrons. The number of carbonyl (C=O) groups is 1. The minimum atomic E-state index is -0.207. The van der Waals surface area contributed by atoms with E-state index in [0.29, 0.717) is 46.5 Å². The third-order valence-corrected chi connectivity index (χ3v) is 5.19. The van der Waals surface area contributed by atoms with Crippen molar-refractivity contribution >= 4 is 11.9 Å². The van der Waals surface area contributed by atoms with Crippen molar-refractivity contribution in [2.24, 2.45) is 0 Å². The summed E-state index contributed by atoms with van der Waals surface area (Å²) in [6.45, 7) is 2.47. The largest absolute Gasteiger partial charge is 0.496 e. The van der Waals surface area contributed by atoms with E-state index in [0.717, 1.165) is 5.56 Å². The number of aryl methyl sites for hydroxylation is 1. The van der Waals surface area contributed by atoms with Gasteiger partial charge in [-0.1, -0.05) is 29.8 Å². The Kier molecular flexibility index (Phi) is 6.03. The zero-order chi connectivity index (χ0) is 22.7. The number of hydrogen-bond acceptors (Lipinski definition) is 6. The second-order valence-electron chi connectivity index (χ2n) is 7.32. The molecule has 6 heteroatoms. The molecule has 4 rings (SSSR count). The SMILES string of the molecule is COc1cc(OC)c(OC)cc1C=C1Oc2cc(OCc3ccc(C)cc3)ccc2C1=O. The van der Waals surface area contributed by atoms with E-state index in [9.17, 15) is 4.79 Å². The summed E-state index contributed by atoms with van der Waals surface area (Å²) in [5, 5.41) is 0. The Bertz CT molecular complexity index is 1180. The highest BCUT2D eigenvalue weighted by molar-refractivity contribution is 6.14. The molecule has 0 saturated carbocycles. The Hall–Kier alpha value is -3.93. The van der Waals surface area contributed by atoms with Crippen LogP contribution >= 0.6 is 0 Å². The number of ether oxygens (including phenoxy) is 5. The van der Waals surface area contributed by atoms with Gasteiger partial charge in [-0.3, -0.25) is 4.79 Å². The van der Waals surface area contributed by atoms with E-state index in [2.05, 4.69) is 0 Å². The van der Waals surface area contributed by atoms with Crippen LogP contribution in [0, 0.1) is 6.92 Å². The lowest BCUT2D eigenvalue weighted by Crippen LogP contribution is -2.00. The van der Waals surface area contributed by atoms with Crippen molar-refractivity contribution in [3.8, 4) is 28.7 Å². The molecule has 0 bridgehead atoms. The average molecular weight is 432 g/mol. The Morgan fingerprint density at radius 2 is 1.53 bits per heavy atom. The maximum atomic E-state index is 12.9. The van der Waals surface area contributed by atoms with Gasteiger partial charge in [0.05, 0.1) is 26.9 Å². The molecule has 1 aliphatic heterocycles. The molecule has 0 amide bonds. The summed E-state index contributed by atoms with van der Waals surface area (Å²) >= 11 is 0. The van der Waals surface area contributed by atoms with Gasteiger partial charge < -0.3 is 23.7 Å². The van der Waals surface area contributed by atoms with Crippen molar-refractivity contribution in [1.29, 1.82) is 0 Å². The fraction of sp³-hybridized carbons (Fsp3) is 0.192. The number of hydrogen-bond donors (Lipinski definition) is 0. The highest BCUT2D eigenvalue weighted by Crippen LogP contribution is 2.39. The van der Waals surface area contributed by atoms with Crippen LogP contribution in [-0.4, -0.2) is 27.1 Å². The van der Waals surface area contributed by atoms with E-state index in [4.69, 9.17) is 23.7 Å². The lowest BCUT2D eigenvalue weighted by molar-refractivity contribution is 0.101. The maximum Gasteiger partial charge on any atom is 0.231 e. The minimum Gasteiger partial charge on any atom is -0.496 e. The number of rotatable bonds is 7. The van der Waals surface area contributed by atoms with Gasteiger partial charge in [0, 0.05) is 17.7 Å². The Morgan fingerprint density at radius 1 is 0.844 bits per heavy atom. The predicted octanol–water partition coefficient (Wildman–Crippen LogP) is 5.22. The van der Waals surface area contributed by atoms with E-state index in [1.54, 1.807) is 57.7 Å². The number of carbonyl (C=O) groups excluding carboxylic acids is 1. The van der Waals surface area contributed by atoms with Crippen LogP contribution in [0.15, 0.2) is 60.4 Å². The molecule has 0 saturated heterocycles. The summed E-state index contributed by atoms with van der Waals surface area (Å²) in [7, 11) is 4.65. The molecule has 0 N–H and O–H groups in total. The van der Waals surface area contributed by atoms with E-state index < -0.39 is 0 Å². The molecular weight excluding hydrogens is 408 g/mol. The van der Waals surface area contributed by atoms with Gasteiger partial charge in [0.1, 0.15) is 23.9 Å². The van der Waals surface area contributed by atoms with E-state index in [1.807, 2.05) is 31.2 Å². The predicted molar refractivity (Wildman–Crippen MR) is 121 cm³/mol. The van der Waals surface area contributed by atoms with Crippen molar-refractivity contribution in [3.63, 3.8) is 0 Å². The van der Waals surface area contributed by atoms with Crippen LogP contribution in [0.2, 0.25) is 0 Å². The smallest absolute Gasteiger partial charge is 0.231 e. The zero-order valence-corrected chi connectivity index (χ0v) is 18.4. The average Bonchev–Trinajstić information content (AvgIpc) is 3.12. The normalized spacial score (nSPS) is 13.5. The first-order chi connectivity index (χ1) is 15.5. The third-order valence-electron chi connectivity index (χ3n) is 5.19. The van der Waals surface area contributed by atoms with Gasteiger partial charge in [-0.2, -0.15) is 0 Å². The molecule has 32 heavy (non-hydrogen) atoms. The number of benzene rings is 3. The first kappa shape index (κ1) is 21.3. The molecule has 6 nitrogen and oxygen atoms in total. The number of fused-ring (bicyclic) bond motifs is 1. The topological polar surface area (TPSA) is 63.2 Å². The van der Waals surface area contributed by atoms with Crippen LogP contribution in [-0.2, 0) is 6.61 Å². The molecule has 3 aromatic carbocycles. The van der Waals surface area contributed by atoms with Gasteiger partial charge in [-0.15, -0.1) is 0 Å². The van der Waals surface area contributed by atoms with Crippen LogP contribution in [0.4, 0.5) is 0 Å². The van der Waals surface area contributed by atoms with Crippen LogP contribution in [0.1, 0.15) is 27.0 Å². The van der Waals surface area contributed by atoms with E-state index in [1.165, 1.54) is 5.56 Å². The Morgan fingerprint density at radius 3 is 2.22 bits per heavy atom. The number of ketones is 1. The monoisotopic (exact) mass is 432 g/mol. The second kappa shape index (κ2) is 9.06. The lowest BCUT2D eigenvalue weighted by atomic mass is 10.1. The molecule has 1 aliphatic rings. The van der Waals surface area contributed by atoms with Crippen LogP contribution in [0.25, 0.3) is 6.08 Å². The van der Waals surface area contributed by atoms with Crippen molar-refractivity contribution in [1.82, 2.24) is 0 Å². The first-order valence-electron chi connectivity index (χ1n) is 10.1. The molecule has 1 heterocycles. The van der Waals surface area contributed by atoms with Gasteiger partial charge in [0.25, 0.3) is 0 Å². The Balaban J connectivity index is 1.56. The van der Waals surface area contributed by atoms with Crippen molar-refractivity contribution in [2.45, 2.75) is 13.5 Å². The van der Waals surface area contributed by atoms with Gasteiger partial charge >= 0.3 is 0 Å². The number of allylic oxidation sites excluding steroid dienone is 1. The van der Waals surface area contributed by atoms with Crippen molar-refractivity contribution in [3.05, 3.63) is 82.6 Å². The number of methoxy groups -OCH3 is 3. The quantitative estimate of drug-likeness (QED) is 0.477. The van der Waals surface area contributed by atoms with Gasteiger partial charge in [-0.25, -0.2) is 0 Å². The summed E-state index contributed by atoms with van der Waals surface area (Å²) in [5.41, 5.74) is 3.38. The highest BCUT2D eigenvalue weighted by Gasteiger charge is 2.28. The Labute approximate surface area is 186 Å². The van der Waals surface area contributed by atoms with Crippen molar-refractivity contribution in [2.75, 3.05) is 21.3 Å². The molecule has 3 aromatic rings. The summed E-state index contributed by atoms with van der Waals surface area (Å²) in [6, 6.07) is 16.8. The van der Waals surface area contributed by atoms with Crippen LogP contribution in [0.5, 0.6) is 28.7 Å². The van der Waals surface area contributed by atoms with E-state index in [-0.39, 0.29) is 11.5 Å².